The number of nitrogens with one attached hydrogen (secondary N) is 1. The van der Waals surface area contributed by atoms with E-state index in [1.807, 2.05) is 44.2 Å². The van der Waals surface area contributed by atoms with Crippen LogP contribution in [0.3, 0.4) is 0 Å². The van der Waals surface area contributed by atoms with Crippen molar-refractivity contribution in [3.05, 3.63) is 47.9 Å². The third-order valence-corrected chi connectivity index (χ3v) is 5.25. The smallest absolute Gasteiger partial charge is 0.274 e. The van der Waals surface area contributed by atoms with Crippen molar-refractivity contribution in [2.45, 2.75) is 32.2 Å². The molecule has 0 aliphatic heterocycles. The molecule has 1 fully saturated rings. The summed E-state index contributed by atoms with van der Waals surface area (Å²) >= 11 is 0. The molecule has 0 saturated heterocycles. The van der Waals surface area contributed by atoms with Gasteiger partial charge in [0, 0.05) is 18.1 Å². The zero-order valence-electron chi connectivity index (χ0n) is 14.9. The van der Waals surface area contributed by atoms with E-state index in [0.717, 1.165) is 29.4 Å². The van der Waals surface area contributed by atoms with Crippen LogP contribution in [0.4, 0.5) is 0 Å². The molecule has 7 nitrogen and oxygen atoms in total. The van der Waals surface area contributed by atoms with Crippen LogP contribution in [-0.2, 0) is 0 Å². The van der Waals surface area contributed by atoms with Crippen molar-refractivity contribution >= 4 is 16.8 Å². The first-order valence-electron chi connectivity index (χ1n) is 8.82. The van der Waals surface area contributed by atoms with Crippen molar-refractivity contribution in [2.24, 2.45) is 11.7 Å². The van der Waals surface area contributed by atoms with E-state index in [-0.39, 0.29) is 5.91 Å². The van der Waals surface area contributed by atoms with Crippen LogP contribution in [-0.4, -0.2) is 38.0 Å². The van der Waals surface area contributed by atoms with E-state index in [1.165, 1.54) is 0 Å². The number of pyridine rings is 1. The van der Waals surface area contributed by atoms with Crippen molar-refractivity contribution in [1.82, 2.24) is 25.3 Å². The summed E-state index contributed by atoms with van der Waals surface area (Å²) in [7, 11) is 0. The van der Waals surface area contributed by atoms with Gasteiger partial charge in [-0.25, -0.2) is 4.68 Å². The number of hydrogen-bond acceptors (Lipinski definition) is 5. The van der Waals surface area contributed by atoms with Gasteiger partial charge in [-0.15, -0.1) is 5.10 Å². The molecule has 1 aliphatic rings. The molecule has 1 aromatic carbocycles. The number of amides is 1. The SMILES string of the molecule is Cc1c(C(=O)NC(C)(CN)C2CC2)nnn1-c1cccc2cccnc12. The Morgan fingerprint density at radius 2 is 2.12 bits per heavy atom. The molecule has 4 rings (SSSR count). The van der Waals surface area contributed by atoms with Crippen molar-refractivity contribution in [2.75, 3.05) is 6.54 Å². The Kier molecular flexibility index (Phi) is 3.96. The minimum absolute atomic E-state index is 0.234. The van der Waals surface area contributed by atoms with Gasteiger partial charge in [0.05, 0.1) is 22.4 Å². The van der Waals surface area contributed by atoms with E-state index < -0.39 is 5.54 Å². The molecule has 1 aliphatic carbocycles. The quantitative estimate of drug-likeness (QED) is 0.733. The zero-order chi connectivity index (χ0) is 18.3. The lowest BCUT2D eigenvalue weighted by Gasteiger charge is -2.29. The topological polar surface area (TPSA) is 98.7 Å². The maximum Gasteiger partial charge on any atom is 0.274 e. The van der Waals surface area contributed by atoms with E-state index >= 15 is 0 Å². The van der Waals surface area contributed by atoms with Crippen LogP contribution >= 0.6 is 0 Å². The summed E-state index contributed by atoms with van der Waals surface area (Å²) in [4.78, 5) is 17.2. The molecule has 26 heavy (non-hydrogen) atoms. The van der Waals surface area contributed by atoms with Crippen LogP contribution in [0.1, 0.15) is 35.9 Å². The van der Waals surface area contributed by atoms with E-state index in [4.69, 9.17) is 5.73 Å². The van der Waals surface area contributed by atoms with E-state index in [9.17, 15) is 4.79 Å². The van der Waals surface area contributed by atoms with Crippen LogP contribution < -0.4 is 11.1 Å². The number of carbonyl (C=O) groups is 1. The summed E-state index contributed by atoms with van der Waals surface area (Å²) < 4.78 is 1.67. The van der Waals surface area contributed by atoms with Gasteiger partial charge in [0.15, 0.2) is 5.69 Å². The fraction of sp³-hybridized carbons (Fsp3) is 0.368. The first-order chi connectivity index (χ1) is 12.5. The summed E-state index contributed by atoms with van der Waals surface area (Å²) in [6.45, 7) is 4.24. The van der Waals surface area contributed by atoms with Gasteiger partial charge in [0.2, 0.25) is 0 Å². The van der Waals surface area contributed by atoms with E-state index in [0.29, 0.717) is 23.9 Å². The maximum atomic E-state index is 12.8. The van der Waals surface area contributed by atoms with Crippen LogP contribution in [0, 0.1) is 12.8 Å². The van der Waals surface area contributed by atoms with Gasteiger partial charge in [-0.2, -0.15) is 0 Å². The summed E-state index contributed by atoms with van der Waals surface area (Å²) in [5.41, 5.74) is 8.13. The Balaban J connectivity index is 1.69. The first kappa shape index (κ1) is 16.7. The number of para-hydroxylation sites is 1. The normalized spacial score (nSPS) is 16.4. The number of rotatable bonds is 5. The highest BCUT2D eigenvalue weighted by Crippen LogP contribution is 2.39. The lowest BCUT2D eigenvalue weighted by atomic mass is 9.95. The molecule has 3 N–H and O–H groups in total. The molecular formula is C19H22N6O. The van der Waals surface area contributed by atoms with Gasteiger partial charge < -0.3 is 11.1 Å². The van der Waals surface area contributed by atoms with Crippen LogP contribution in [0.15, 0.2) is 36.5 Å². The zero-order valence-corrected chi connectivity index (χ0v) is 14.9. The van der Waals surface area contributed by atoms with Crippen molar-refractivity contribution in [1.29, 1.82) is 0 Å². The molecule has 7 heteroatoms. The second-order valence-corrected chi connectivity index (χ2v) is 7.14. The Labute approximate surface area is 151 Å². The average molecular weight is 350 g/mol. The fourth-order valence-electron chi connectivity index (χ4n) is 3.39. The molecule has 1 amide bonds. The van der Waals surface area contributed by atoms with Crippen LogP contribution in [0.5, 0.6) is 0 Å². The number of nitrogens with zero attached hydrogens (tertiary/aromatic N) is 4. The summed E-state index contributed by atoms with van der Waals surface area (Å²) in [6, 6.07) is 9.75. The van der Waals surface area contributed by atoms with Crippen molar-refractivity contribution < 1.29 is 4.79 Å². The van der Waals surface area contributed by atoms with Crippen LogP contribution in [0.2, 0.25) is 0 Å². The fourth-order valence-corrected chi connectivity index (χ4v) is 3.39. The number of aromatic nitrogens is 4. The van der Waals surface area contributed by atoms with Gasteiger partial charge >= 0.3 is 0 Å². The van der Waals surface area contributed by atoms with Gasteiger partial charge in [0.25, 0.3) is 5.91 Å². The first-order valence-corrected chi connectivity index (χ1v) is 8.82. The van der Waals surface area contributed by atoms with E-state index in [2.05, 4.69) is 20.6 Å². The number of carbonyl (C=O) groups excluding carboxylic acids is 1. The minimum atomic E-state index is -0.395. The van der Waals surface area contributed by atoms with Crippen molar-refractivity contribution in [3.63, 3.8) is 0 Å². The third-order valence-electron chi connectivity index (χ3n) is 5.25. The van der Waals surface area contributed by atoms with Gasteiger partial charge in [-0.3, -0.25) is 9.78 Å². The molecule has 1 atom stereocenters. The third kappa shape index (κ3) is 2.74. The van der Waals surface area contributed by atoms with Gasteiger partial charge in [-0.05, 0) is 44.7 Å². The molecule has 2 aromatic heterocycles. The highest BCUT2D eigenvalue weighted by Gasteiger charge is 2.42. The van der Waals surface area contributed by atoms with Gasteiger partial charge in [0.1, 0.15) is 0 Å². The molecule has 1 unspecified atom stereocenters. The number of nitrogens with two attached hydrogens (primary N) is 1. The molecule has 0 radical (unpaired) electrons. The predicted molar refractivity (Wildman–Crippen MR) is 99.0 cm³/mol. The lowest BCUT2D eigenvalue weighted by Crippen LogP contribution is -2.53. The molecule has 134 valence electrons. The largest absolute Gasteiger partial charge is 0.344 e. The molecule has 2 heterocycles. The molecule has 1 saturated carbocycles. The number of hydrogen-bond donors (Lipinski definition) is 2. The lowest BCUT2D eigenvalue weighted by molar-refractivity contribution is 0.0892. The number of benzene rings is 1. The maximum absolute atomic E-state index is 12.8. The minimum Gasteiger partial charge on any atom is -0.344 e. The standard InChI is InChI=1S/C19H22N6O/c1-12-16(18(26)22-19(2,11-20)14-8-9-14)23-24-25(12)15-7-3-5-13-6-4-10-21-17(13)15/h3-7,10,14H,8-9,11,20H2,1-2H3,(H,22,26). The molecular weight excluding hydrogens is 328 g/mol. The van der Waals surface area contributed by atoms with Crippen LogP contribution in [0.25, 0.3) is 16.6 Å². The molecule has 0 spiro atoms. The summed E-state index contributed by atoms with van der Waals surface area (Å²) in [5.74, 6) is 0.205. The number of fused-ring (bicyclic) bond motifs is 1. The van der Waals surface area contributed by atoms with Crippen molar-refractivity contribution in [3.8, 4) is 5.69 Å². The highest BCUT2D eigenvalue weighted by molar-refractivity contribution is 5.94. The average Bonchev–Trinajstić information content (AvgIpc) is 3.44. The second-order valence-electron chi connectivity index (χ2n) is 7.14. The van der Waals surface area contributed by atoms with Gasteiger partial charge in [-0.1, -0.05) is 23.4 Å². The predicted octanol–water partition coefficient (Wildman–Crippen LogP) is 1.98. The Morgan fingerprint density at radius 1 is 1.35 bits per heavy atom. The van der Waals surface area contributed by atoms with E-state index in [1.54, 1.807) is 10.9 Å². The Hall–Kier alpha value is -2.80. The summed E-state index contributed by atoms with van der Waals surface area (Å²) in [6.07, 6.45) is 3.94. The second kappa shape index (κ2) is 6.17. The monoisotopic (exact) mass is 350 g/mol. The summed E-state index contributed by atoms with van der Waals surface area (Å²) in [5, 5.41) is 12.4. The Bertz CT molecular complexity index is 972. The highest BCUT2D eigenvalue weighted by atomic mass is 16.2. The molecule has 0 bridgehead atoms. The Morgan fingerprint density at radius 3 is 2.85 bits per heavy atom. The molecule has 3 aromatic rings.